The average molecular weight is 490 g/mol. The minimum Gasteiger partial charge on any atom is -0.495 e. The predicted octanol–water partition coefficient (Wildman–Crippen LogP) is 4.11. The summed E-state index contributed by atoms with van der Waals surface area (Å²) in [6.45, 7) is 5.22. The molecule has 0 radical (unpaired) electrons. The van der Waals surface area contributed by atoms with Crippen LogP contribution in [-0.2, 0) is 24.3 Å². The molecule has 1 aromatic carbocycles. The Bertz CT molecular complexity index is 1260. The molecule has 3 rings (SSSR count). The van der Waals surface area contributed by atoms with Crippen molar-refractivity contribution in [3.63, 3.8) is 0 Å². The van der Waals surface area contributed by atoms with E-state index in [1.807, 2.05) is 11.5 Å². The Morgan fingerprint density at radius 1 is 1.12 bits per heavy atom. The van der Waals surface area contributed by atoms with Crippen molar-refractivity contribution in [1.82, 2.24) is 19.1 Å². The van der Waals surface area contributed by atoms with Gasteiger partial charge >= 0.3 is 5.69 Å². The van der Waals surface area contributed by atoms with Crippen LogP contribution in [0.25, 0.3) is 11.2 Å². The first-order valence-electron chi connectivity index (χ1n) is 11.7. The molecule has 0 atom stereocenters. The number of carbonyl (C=O) groups is 1. The number of H-pyrrole nitrogens is 1. The van der Waals surface area contributed by atoms with Crippen molar-refractivity contribution in [3.05, 3.63) is 49.9 Å². The normalized spacial score (nSPS) is 11.2. The van der Waals surface area contributed by atoms with Gasteiger partial charge in [-0.05, 0) is 31.0 Å². The van der Waals surface area contributed by atoms with Crippen molar-refractivity contribution in [2.24, 2.45) is 0 Å². The second-order valence-corrected chi connectivity index (χ2v) is 8.65. The summed E-state index contributed by atoms with van der Waals surface area (Å²) in [5.41, 5.74) is 0.350. The number of ether oxygens (including phenoxy) is 1. The smallest absolute Gasteiger partial charge is 0.330 e. The van der Waals surface area contributed by atoms with Crippen LogP contribution >= 0.6 is 11.6 Å². The molecule has 0 saturated heterocycles. The molecule has 2 N–H and O–H groups in total. The van der Waals surface area contributed by atoms with Crippen molar-refractivity contribution in [1.29, 1.82) is 0 Å². The van der Waals surface area contributed by atoms with E-state index in [9.17, 15) is 14.4 Å². The monoisotopic (exact) mass is 489 g/mol. The average Bonchev–Trinajstić information content (AvgIpc) is 3.16. The van der Waals surface area contributed by atoms with E-state index in [0.29, 0.717) is 53.0 Å². The van der Waals surface area contributed by atoms with Gasteiger partial charge in [-0.25, -0.2) is 9.78 Å². The first-order chi connectivity index (χ1) is 16.4. The number of nitrogens with zero attached hydrogens (tertiary/aromatic N) is 3. The zero-order valence-electron chi connectivity index (χ0n) is 19.9. The predicted molar refractivity (Wildman–Crippen MR) is 134 cm³/mol. The molecule has 2 heterocycles. The highest BCUT2D eigenvalue weighted by atomic mass is 35.5. The van der Waals surface area contributed by atoms with Crippen molar-refractivity contribution in [3.8, 4) is 5.75 Å². The van der Waals surface area contributed by atoms with E-state index in [1.165, 1.54) is 11.7 Å². The summed E-state index contributed by atoms with van der Waals surface area (Å²) in [7, 11) is 1.52. The zero-order valence-corrected chi connectivity index (χ0v) is 20.7. The number of aryl methyl sites for hydroxylation is 3. The number of benzene rings is 1. The number of nitrogens with one attached hydrogen (secondary N) is 2. The Balaban J connectivity index is 1.91. The van der Waals surface area contributed by atoms with E-state index in [-0.39, 0.29) is 12.3 Å². The molecule has 184 valence electrons. The molecule has 0 bridgehead atoms. The van der Waals surface area contributed by atoms with Gasteiger partial charge in [-0.15, -0.1) is 0 Å². The Labute approximate surface area is 203 Å². The first kappa shape index (κ1) is 25.6. The van der Waals surface area contributed by atoms with Crippen LogP contribution < -0.4 is 21.3 Å². The van der Waals surface area contributed by atoms with E-state index in [1.54, 1.807) is 18.2 Å². The van der Waals surface area contributed by atoms with Gasteiger partial charge in [-0.2, -0.15) is 0 Å². The lowest BCUT2D eigenvalue weighted by Gasteiger charge is -2.11. The van der Waals surface area contributed by atoms with Gasteiger partial charge in [0.1, 0.15) is 11.6 Å². The third-order valence-electron chi connectivity index (χ3n) is 5.70. The van der Waals surface area contributed by atoms with E-state index in [2.05, 4.69) is 22.2 Å². The molecular formula is C24H32ClN5O4. The summed E-state index contributed by atoms with van der Waals surface area (Å²) in [5, 5.41) is 3.31. The van der Waals surface area contributed by atoms with Gasteiger partial charge in [0.05, 0.1) is 12.8 Å². The SMILES string of the molecule is CCCCCn1c(CCC(=O)Nc2cc(Cl)ccc2OC)nc2c1c(=O)[nH]c(=O)n2CCCC. The molecule has 0 fully saturated rings. The van der Waals surface area contributed by atoms with Gasteiger partial charge < -0.3 is 14.6 Å². The van der Waals surface area contributed by atoms with Gasteiger partial charge in [-0.1, -0.05) is 44.7 Å². The molecule has 3 aromatic rings. The number of methoxy groups -OCH3 is 1. The first-order valence-corrected chi connectivity index (χ1v) is 12.1. The number of imidazole rings is 1. The summed E-state index contributed by atoms with van der Waals surface area (Å²) in [4.78, 5) is 45.0. The number of unbranched alkanes of at least 4 members (excludes halogenated alkanes) is 3. The summed E-state index contributed by atoms with van der Waals surface area (Å²) in [5.74, 6) is 0.890. The quantitative estimate of drug-likeness (QED) is 0.372. The van der Waals surface area contributed by atoms with Gasteiger partial charge in [0.15, 0.2) is 11.2 Å². The summed E-state index contributed by atoms with van der Waals surface area (Å²) >= 11 is 6.05. The van der Waals surface area contributed by atoms with E-state index < -0.39 is 11.2 Å². The number of carbonyl (C=O) groups excluding carboxylic acids is 1. The number of aromatic nitrogens is 4. The van der Waals surface area contributed by atoms with E-state index >= 15 is 0 Å². The van der Waals surface area contributed by atoms with Crippen LogP contribution in [0.2, 0.25) is 5.02 Å². The number of anilines is 1. The molecular weight excluding hydrogens is 458 g/mol. The molecule has 0 aliphatic carbocycles. The number of rotatable bonds is 12. The third kappa shape index (κ3) is 5.88. The lowest BCUT2D eigenvalue weighted by atomic mass is 10.2. The second-order valence-electron chi connectivity index (χ2n) is 8.22. The van der Waals surface area contributed by atoms with E-state index in [4.69, 9.17) is 16.3 Å². The maximum Gasteiger partial charge on any atom is 0.330 e. The number of aromatic amines is 1. The molecule has 9 nitrogen and oxygen atoms in total. The van der Waals surface area contributed by atoms with Gasteiger partial charge in [0.25, 0.3) is 5.56 Å². The van der Waals surface area contributed by atoms with Gasteiger partial charge in [-0.3, -0.25) is 19.1 Å². The number of hydrogen-bond acceptors (Lipinski definition) is 5. The maximum atomic E-state index is 12.7. The minimum absolute atomic E-state index is 0.143. The molecule has 0 spiro atoms. The molecule has 0 unspecified atom stereocenters. The second kappa shape index (κ2) is 11.9. The molecule has 2 aromatic heterocycles. The standard InChI is InChI=1S/C24H32ClN5O4/c1-4-6-8-14-29-19(11-12-20(31)26-17-15-16(25)9-10-18(17)34-3)27-22-21(29)23(32)28-24(33)30(22)13-7-5-2/h9-10,15H,4-8,11-14H2,1-3H3,(H,26,31)(H,28,32,33). The fourth-order valence-corrected chi connectivity index (χ4v) is 4.08. The van der Waals surface area contributed by atoms with Crippen LogP contribution in [0.3, 0.4) is 0 Å². The van der Waals surface area contributed by atoms with Crippen LogP contribution in [0, 0.1) is 0 Å². The summed E-state index contributed by atoms with van der Waals surface area (Å²) < 4.78 is 8.67. The fourth-order valence-electron chi connectivity index (χ4n) is 3.91. The lowest BCUT2D eigenvalue weighted by molar-refractivity contribution is -0.116. The van der Waals surface area contributed by atoms with Crippen molar-refractivity contribution in [2.45, 2.75) is 71.9 Å². The number of fused-ring (bicyclic) bond motifs is 1. The van der Waals surface area contributed by atoms with Crippen LogP contribution in [0.15, 0.2) is 27.8 Å². The highest BCUT2D eigenvalue weighted by molar-refractivity contribution is 6.31. The van der Waals surface area contributed by atoms with Crippen LogP contribution in [0.5, 0.6) is 5.75 Å². The maximum absolute atomic E-state index is 12.7. The molecule has 1 amide bonds. The van der Waals surface area contributed by atoms with Crippen molar-refractivity contribution < 1.29 is 9.53 Å². The topological polar surface area (TPSA) is 111 Å². The lowest BCUT2D eigenvalue weighted by Crippen LogP contribution is -2.31. The minimum atomic E-state index is -0.457. The highest BCUT2D eigenvalue weighted by Crippen LogP contribution is 2.28. The zero-order chi connectivity index (χ0) is 24.7. The number of halogens is 1. The Kier molecular flexibility index (Phi) is 8.92. The summed E-state index contributed by atoms with van der Waals surface area (Å²) in [6.07, 6.45) is 5.06. The fraction of sp³-hybridized carbons (Fsp3) is 0.500. The molecule has 0 aliphatic rings. The number of amides is 1. The van der Waals surface area contributed by atoms with Crippen molar-refractivity contribution >= 4 is 34.4 Å². The van der Waals surface area contributed by atoms with Crippen molar-refractivity contribution in [2.75, 3.05) is 12.4 Å². The van der Waals surface area contributed by atoms with Crippen LogP contribution in [0.4, 0.5) is 5.69 Å². The molecule has 10 heteroatoms. The molecule has 0 aliphatic heterocycles. The molecule has 34 heavy (non-hydrogen) atoms. The third-order valence-corrected chi connectivity index (χ3v) is 5.93. The molecule has 0 saturated carbocycles. The van der Waals surface area contributed by atoms with E-state index in [0.717, 1.165) is 32.1 Å². The number of hydrogen-bond donors (Lipinski definition) is 2. The Morgan fingerprint density at radius 3 is 2.56 bits per heavy atom. The highest BCUT2D eigenvalue weighted by Gasteiger charge is 2.19. The summed E-state index contributed by atoms with van der Waals surface area (Å²) in [6, 6.07) is 5.00. The van der Waals surface area contributed by atoms with Crippen LogP contribution in [-0.4, -0.2) is 32.1 Å². The largest absolute Gasteiger partial charge is 0.495 e. The van der Waals surface area contributed by atoms with Gasteiger partial charge in [0, 0.05) is 31.0 Å². The van der Waals surface area contributed by atoms with Crippen LogP contribution in [0.1, 0.15) is 58.2 Å². The van der Waals surface area contributed by atoms with Gasteiger partial charge in [0.2, 0.25) is 5.91 Å². The Hall–Kier alpha value is -3.07. The Morgan fingerprint density at radius 2 is 1.85 bits per heavy atom.